The maximum absolute atomic E-state index is 12.9. The van der Waals surface area contributed by atoms with E-state index < -0.39 is 30.4 Å². The number of nitrogens with zero attached hydrogens (tertiary/aromatic N) is 4. The van der Waals surface area contributed by atoms with Crippen LogP contribution < -0.4 is 67.8 Å². The molecular weight excluding hydrogens is 437 g/mol. The molecule has 0 saturated carbocycles. The first-order valence-corrected chi connectivity index (χ1v) is 10.7. The Hall–Kier alpha value is -1.57. The minimum atomic E-state index is -1.22. The second-order valence-corrected chi connectivity index (χ2v) is 7.51. The molecule has 0 aromatic heterocycles. The summed E-state index contributed by atoms with van der Waals surface area (Å²) in [5.74, 6) is -2.19. The van der Waals surface area contributed by atoms with Crippen molar-refractivity contribution in [3.63, 3.8) is 0 Å². The molecule has 0 bridgehead atoms. The van der Waals surface area contributed by atoms with Gasteiger partial charge in [0.15, 0.2) is 6.17 Å². The SMILES string of the molecule is NCCCCCCCC(=O)N[C@@H](CC(=O)O)C(=O)N[C@@H](Cc1ccccc1)[C]1[N][N][N][N]1.[Na+]. The molecule has 12 heteroatoms. The van der Waals surface area contributed by atoms with Crippen molar-refractivity contribution in [3.8, 4) is 0 Å². The number of hydrogen-bond acceptors (Lipinski definition) is 4. The molecule has 173 valence electrons. The van der Waals surface area contributed by atoms with Gasteiger partial charge in [-0.25, -0.2) is 0 Å². The predicted molar refractivity (Wildman–Crippen MR) is 115 cm³/mol. The van der Waals surface area contributed by atoms with E-state index in [0.29, 0.717) is 19.4 Å². The summed E-state index contributed by atoms with van der Waals surface area (Å²) in [6.07, 6.45) is 4.73. The first-order valence-electron chi connectivity index (χ1n) is 10.7. The van der Waals surface area contributed by atoms with Crippen LogP contribution in [0.15, 0.2) is 30.3 Å². The Labute approximate surface area is 216 Å². The van der Waals surface area contributed by atoms with Gasteiger partial charge in [0, 0.05) is 6.42 Å². The number of nitrogens with one attached hydrogen (secondary N) is 2. The van der Waals surface area contributed by atoms with Gasteiger partial charge in [0.05, 0.1) is 12.5 Å². The molecule has 5 N–H and O–H groups in total. The zero-order valence-corrected chi connectivity index (χ0v) is 20.9. The van der Waals surface area contributed by atoms with Crippen molar-refractivity contribution < 1.29 is 49.0 Å². The number of nitrogens with two attached hydrogens (primary N) is 1. The van der Waals surface area contributed by atoms with Crippen molar-refractivity contribution in [1.29, 1.82) is 0 Å². The van der Waals surface area contributed by atoms with Gasteiger partial charge in [-0.3, -0.25) is 14.4 Å². The number of carboxylic acid groups (broad SMARTS) is 1. The molecule has 1 fully saturated rings. The van der Waals surface area contributed by atoms with Gasteiger partial charge in [-0.05, 0) is 42.4 Å². The summed E-state index contributed by atoms with van der Waals surface area (Å²) in [5, 5.41) is 14.5. The Morgan fingerprint density at radius 1 is 0.939 bits per heavy atom. The van der Waals surface area contributed by atoms with E-state index in [1.54, 1.807) is 0 Å². The molecule has 1 aromatic carbocycles. The first-order chi connectivity index (χ1) is 15.5. The number of unbranched alkanes of at least 4 members (excludes halogenated alkanes) is 4. The molecule has 1 heterocycles. The number of hydrogen-bond donors (Lipinski definition) is 4. The minimum absolute atomic E-state index is 0. The van der Waals surface area contributed by atoms with Crippen LogP contribution in [0.3, 0.4) is 0 Å². The van der Waals surface area contributed by atoms with E-state index in [9.17, 15) is 19.5 Å². The van der Waals surface area contributed by atoms with Crippen LogP contribution in [0, 0.1) is 6.17 Å². The topological polar surface area (TPSA) is 178 Å². The second-order valence-electron chi connectivity index (χ2n) is 7.51. The summed E-state index contributed by atoms with van der Waals surface area (Å²) in [5.41, 5.74) is 20.9. The van der Waals surface area contributed by atoms with E-state index in [-0.39, 0.29) is 48.1 Å². The van der Waals surface area contributed by atoms with Crippen molar-refractivity contribution in [3.05, 3.63) is 42.1 Å². The zero-order chi connectivity index (χ0) is 23.2. The molecule has 5 radical (unpaired) electrons. The molecule has 2 rings (SSSR count). The smallest absolute Gasteiger partial charge is 0.481 e. The maximum Gasteiger partial charge on any atom is 1.00 e. The van der Waals surface area contributed by atoms with E-state index in [1.807, 2.05) is 30.3 Å². The molecule has 1 aliphatic heterocycles. The largest absolute Gasteiger partial charge is 1.00 e. The molecule has 0 spiro atoms. The molecule has 33 heavy (non-hydrogen) atoms. The second kappa shape index (κ2) is 17.0. The van der Waals surface area contributed by atoms with Crippen LogP contribution in [0.4, 0.5) is 0 Å². The number of carbonyl (C=O) groups excluding carboxylic acids is 2. The molecule has 2 amide bonds. The standard InChI is InChI=1S/C21H30N7O4.Na/c22-12-8-3-1-2-7-11-18(29)23-17(14-19(30)31)21(32)24-16(20-25-27-28-26-20)13-15-9-5-4-6-10-15;/h4-6,9-10,16-17H,1-3,7-8,11-14,22H2,(H,23,29)(H,24,32)(H,30,31);/q;+1/t16-,17-;/m0./s1. The van der Waals surface area contributed by atoms with E-state index in [4.69, 9.17) is 5.73 Å². The van der Waals surface area contributed by atoms with Gasteiger partial charge in [0.2, 0.25) is 11.8 Å². The van der Waals surface area contributed by atoms with Crippen LogP contribution in [0.25, 0.3) is 0 Å². The van der Waals surface area contributed by atoms with Gasteiger partial charge >= 0.3 is 35.5 Å². The summed E-state index contributed by atoms with van der Waals surface area (Å²) in [6.45, 7) is 0.652. The third-order valence-corrected chi connectivity index (χ3v) is 4.88. The van der Waals surface area contributed by atoms with Crippen molar-refractivity contribution in [2.45, 2.75) is 63.5 Å². The summed E-state index contributed by atoms with van der Waals surface area (Å²) in [4.78, 5) is 36.4. The van der Waals surface area contributed by atoms with Gasteiger partial charge < -0.3 is 21.5 Å². The molecule has 0 aliphatic carbocycles. The van der Waals surface area contributed by atoms with E-state index in [1.165, 1.54) is 0 Å². The van der Waals surface area contributed by atoms with E-state index in [2.05, 4.69) is 32.6 Å². The molecule has 1 saturated heterocycles. The van der Waals surface area contributed by atoms with Crippen LogP contribution in [0.2, 0.25) is 0 Å². The molecule has 1 aliphatic rings. The summed E-state index contributed by atoms with van der Waals surface area (Å²) in [7, 11) is 0. The van der Waals surface area contributed by atoms with Gasteiger partial charge in [0.1, 0.15) is 6.04 Å². The minimum Gasteiger partial charge on any atom is -0.481 e. The molecule has 0 unspecified atom stereocenters. The monoisotopic (exact) mass is 467 g/mol. The summed E-state index contributed by atoms with van der Waals surface area (Å²) in [6, 6.07) is 7.47. The first kappa shape index (κ1) is 29.5. The number of benzene rings is 1. The summed E-state index contributed by atoms with van der Waals surface area (Å²) >= 11 is 0. The maximum atomic E-state index is 12.9. The molecule has 2 atom stereocenters. The van der Waals surface area contributed by atoms with Crippen LogP contribution in [-0.2, 0) is 20.8 Å². The number of carboxylic acids is 1. The summed E-state index contributed by atoms with van der Waals surface area (Å²) < 4.78 is 0. The number of aliphatic carboxylic acids is 1. The molecular formula is C21H30N7NaO4+. The normalized spacial score (nSPS) is 15.3. The molecule has 1 aromatic rings. The van der Waals surface area contributed by atoms with Crippen LogP contribution in [0.5, 0.6) is 0 Å². The Morgan fingerprint density at radius 3 is 2.21 bits per heavy atom. The fourth-order valence-corrected chi connectivity index (χ4v) is 3.23. The third kappa shape index (κ3) is 11.9. The Morgan fingerprint density at radius 2 is 1.58 bits per heavy atom. The number of amides is 2. The number of carbonyl (C=O) groups is 3. The quantitative estimate of drug-likeness (QED) is 0.155. The average Bonchev–Trinajstić information content (AvgIpc) is 3.30. The number of rotatable bonds is 15. The average molecular weight is 468 g/mol. The van der Waals surface area contributed by atoms with E-state index >= 15 is 0 Å². The van der Waals surface area contributed by atoms with Gasteiger partial charge in [-0.2, -0.15) is 0 Å². The van der Waals surface area contributed by atoms with Gasteiger partial charge in [0.25, 0.3) is 0 Å². The Kier molecular flexibility index (Phi) is 15.1. The van der Waals surface area contributed by atoms with Crippen molar-refractivity contribution in [2.75, 3.05) is 6.54 Å². The van der Waals surface area contributed by atoms with E-state index in [0.717, 1.165) is 31.2 Å². The Bertz CT molecular complexity index is 720. The van der Waals surface area contributed by atoms with Crippen molar-refractivity contribution >= 4 is 17.8 Å². The fourth-order valence-electron chi connectivity index (χ4n) is 3.23. The third-order valence-electron chi connectivity index (χ3n) is 4.88. The van der Waals surface area contributed by atoms with Crippen LogP contribution in [0.1, 0.15) is 50.5 Å². The zero-order valence-electron chi connectivity index (χ0n) is 18.9. The fraction of sp³-hybridized carbons (Fsp3) is 0.524. The predicted octanol–water partition coefficient (Wildman–Crippen LogP) is -3.36. The Balaban J connectivity index is 0.00000544. The van der Waals surface area contributed by atoms with Crippen LogP contribution >= 0.6 is 0 Å². The van der Waals surface area contributed by atoms with Crippen molar-refractivity contribution in [1.82, 2.24) is 32.6 Å². The van der Waals surface area contributed by atoms with Gasteiger partial charge in [-0.1, -0.05) is 60.4 Å². The van der Waals surface area contributed by atoms with Crippen molar-refractivity contribution in [2.24, 2.45) is 5.73 Å². The van der Waals surface area contributed by atoms with Gasteiger partial charge in [-0.15, -0.1) is 0 Å². The van der Waals surface area contributed by atoms with Crippen LogP contribution in [-0.4, -0.2) is 41.5 Å². The molecule has 11 nitrogen and oxygen atoms in total.